The van der Waals surface area contributed by atoms with E-state index in [4.69, 9.17) is 9.47 Å². The summed E-state index contributed by atoms with van der Waals surface area (Å²) in [5, 5.41) is 14.6. The van der Waals surface area contributed by atoms with Crippen molar-refractivity contribution in [3.63, 3.8) is 0 Å². The minimum Gasteiger partial charge on any atom is -0.383 e. The van der Waals surface area contributed by atoms with Crippen LogP contribution in [0.4, 0.5) is 5.69 Å². The highest BCUT2D eigenvalue weighted by Crippen LogP contribution is 2.35. The lowest BCUT2D eigenvalue weighted by molar-refractivity contribution is -0.117. The summed E-state index contributed by atoms with van der Waals surface area (Å²) in [6.07, 6.45) is 0. The number of hydrogen-bond acceptors (Lipinski definition) is 6. The van der Waals surface area contributed by atoms with Crippen LogP contribution in [-0.2, 0) is 14.3 Å². The second kappa shape index (κ2) is 10.6. The lowest BCUT2D eigenvalue weighted by atomic mass is 10.0. The highest BCUT2D eigenvalue weighted by atomic mass is 32.1. The number of morpholine rings is 1. The number of nitriles is 1. The molecule has 0 bridgehead atoms. The smallest absolute Gasteiger partial charge is 0.262 e. The quantitative estimate of drug-likeness (QED) is 0.319. The Kier molecular flexibility index (Phi) is 7.40. The van der Waals surface area contributed by atoms with E-state index in [1.807, 2.05) is 19.1 Å². The molecule has 0 radical (unpaired) electrons. The zero-order valence-corrected chi connectivity index (χ0v) is 19.7. The summed E-state index contributed by atoms with van der Waals surface area (Å²) < 4.78 is 10.4. The van der Waals surface area contributed by atoms with Gasteiger partial charge in [0.25, 0.3) is 5.91 Å². The van der Waals surface area contributed by atoms with Gasteiger partial charge in [0, 0.05) is 42.2 Å². The summed E-state index contributed by atoms with van der Waals surface area (Å²) in [5.74, 6) is -0.372. The molecule has 0 atom stereocenters. The second-order valence-corrected chi connectivity index (χ2v) is 8.95. The molecule has 0 aliphatic carbocycles. The summed E-state index contributed by atoms with van der Waals surface area (Å²) in [5.41, 5.74) is 3.16. The minimum atomic E-state index is -0.372. The van der Waals surface area contributed by atoms with Crippen LogP contribution < -0.4 is 10.2 Å². The molecule has 1 aliphatic rings. The summed E-state index contributed by atoms with van der Waals surface area (Å²) in [6, 6.07) is 19.1. The zero-order chi connectivity index (χ0) is 23.2. The fraction of sp³-hybridized carbons (Fsp3) is 0.308. The third-order valence-corrected chi connectivity index (χ3v) is 7.02. The molecule has 0 spiro atoms. The number of anilines is 1. The highest BCUT2D eigenvalue weighted by Gasteiger charge is 2.16. The van der Waals surface area contributed by atoms with Crippen LogP contribution in [0.2, 0.25) is 0 Å². The van der Waals surface area contributed by atoms with Crippen molar-refractivity contribution in [3.05, 3.63) is 59.0 Å². The molecule has 1 aliphatic heterocycles. The van der Waals surface area contributed by atoms with Crippen molar-refractivity contribution >= 4 is 39.3 Å². The van der Waals surface area contributed by atoms with Crippen LogP contribution >= 0.6 is 11.3 Å². The largest absolute Gasteiger partial charge is 0.383 e. The number of methoxy groups -OCH3 is 1. The van der Waals surface area contributed by atoms with Gasteiger partial charge in [-0.1, -0.05) is 18.2 Å². The van der Waals surface area contributed by atoms with Gasteiger partial charge in [0.05, 0.1) is 19.8 Å². The average Bonchev–Trinajstić information content (AvgIpc) is 3.35. The van der Waals surface area contributed by atoms with Crippen LogP contribution in [0.5, 0.6) is 0 Å². The van der Waals surface area contributed by atoms with Crippen molar-refractivity contribution in [3.8, 4) is 16.5 Å². The number of benzene rings is 2. The fourth-order valence-electron chi connectivity index (χ4n) is 3.88. The van der Waals surface area contributed by atoms with Gasteiger partial charge < -0.3 is 19.7 Å². The molecule has 7 heteroatoms. The maximum atomic E-state index is 12.4. The van der Waals surface area contributed by atoms with Gasteiger partial charge in [-0.3, -0.25) is 4.79 Å². The number of allylic oxidation sites excluding steroid dienone is 1. The molecule has 1 saturated heterocycles. The molecule has 1 N–H and O–H groups in total. The molecule has 1 fully saturated rings. The number of carbonyl (C=O) groups excluding carboxylic acids is 1. The number of amides is 1. The molecular formula is C26H27N3O3S. The molecule has 1 amide bonds. The van der Waals surface area contributed by atoms with Crippen LogP contribution in [0, 0.1) is 11.3 Å². The van der Waals surface area contributed by atoms with E-state index in [2.05, 4.69) is 52.7 Å². The molecule has 4 rings (SSSR count). The predicted molar refractivity (Wildman–Crippen MR) is 133 cm³/mol. The van der Waals surface area contributed by atoms with Crippen LogP contribution in [0.3, 0.4) is 0 Å². The Labute approximate surface area is 198 Å². The highest BCUT2D eigenvalue weighted by molar-refractivity contribution is 7.16. The Morgan fingerprint density at radius 2 is 1.91 bits per heavy atom. The van der Waals surface area contributed by atoms with Crippen LogP contribution in [0.15, 0.2) is 54.1 Å². The Morgan fingerprint density at radius 1 is 1.15 bits per heavy atom. The number of nitrogens with zero attached hydrogens (tertiary/aromatic N) is 2. The number of fused-ring (bicyclic) bond motifs is 1. The Bertz CT molecular complexity index is 1220. The lowest BCUT2D eigenvalue weighted by Crippen LogP contribution is -2.36. The standard InChI is InChI=1S/C26H27N3O3S/c1-18(23(17-27)26(30)28-9-12-31-2)24-7-8-25(33-24)21-4-3-20-16-22(6-5-19(20)15-21)29-10-13-32-14-11-29/h3-8,15-16H,9-14H2,1-2H3,(H,28,30)/b23-18+. The van der Waals surface area contributed by atoms with Crippen LogP contribution in [0.25, 0.3) is 26.8 Å². The Balaban J connectivity index is 1.56. The third kappa shape index (κ3) is 5.25. The van der Waals surface area contributed by atoms with E-state index in [0.717, 1.165) is 41.6 Å². The Hall–Kier alpha value is -3.18. The number of ether oxygens (including phenoxy) is 2. The first-order valence-electron chi connectivity index (χ1n) is 11.0. The molecule has 2 aromatic carbocycles. The van der Waals surface area contributed by atoms with E-state index in [9.17, 15) is 10.1 Å². The lowest BCUT2D eigenvalue weighted by Gasteiger charge is -2.29. The first-order chi connectivity index (χ1) is 16.1. The van der Waals surface area contributed by atoms with E-state index >= 15 is 0 Å². The van der Waals surface area contributed by atoms with E-state index in [1.54, 1.807) is 18.4 Å². The third-order valence-electron chi connectivity index (χ3n) is 5.77. The first kappa shape index (κ1) is 23.0. The van der Waals surface area contributed by atoms with E-state index in [0.29, 0.717) is 18.7 Å². The fourth-order valence-corrected chi connectivity index (χ4v) is 4.89. The van der Waals surface area contributed by atoms with Gasteiger partial charge >= 0.3 is 0 Å². The van der Waals surface area contributed by atoms with E-state index < -0.39 is 0 Å². The van der Waals surface area contributed by atoms with Gasteiger partial charge in [0.2, 0.25) is 0 Å². The van der Waals surface area contributed by atoms with Crippen molar-refractivity contribution in [1.82, 2.24) is 5.32 Å². The Morgan fingerprint density at radius 3 is 2.67 bits per heavy atom. The number of nitrogens with one attached hydrogen (secondary N) is 1. The van der Waals surface area contributed by atoms with Gasteiger partial charge in [0.15, 0.2) is 0 Å². The maximum Gasteiger partial charge on any atom is 0.262 e. The molecule has 0 unspecified atom stereocenters. The van der Waals surface area contributed by atoms with Gasteiger partial charge in [-0.05, 0) is 59.2 Å². The molecule has 1 aromatic heterocycles. The maximum absolute atomic E-state index is 12.4. The summed E-state index contributed by atoms with van der Waals surface area (Å²) in [7, 11) is 1.57. The number of rotatable bonds is 7. The van der Waals surface area contributed by atoms with E-state index in [-0.39, 0.29) is 11.5 Å². The first-order valence-corrected chi connectivity index (χ1v) is 11.8. The van der Waals surface area contributed by atoms with Crippen molar-refractivity contribution in [2.24, 2.45) is 0 Å². The molecule has 3 aromatic rings. The SMILES string of the molecule is COCCNC(=O)/C(C#N)=C(\C)c1ccc(-c2ccc3cc(N4CCOCC4)ccc3c2)s1. The molecule has 33 heavy (non-hydrogen) atoms. The summed E-state index contributed by atoms with van der Waals surface area (Å²) in [4.78, 5) is 16.7. The number of hydrogen-bond donors (Lipinski definition) is 1. The van der Waals surface area contributed by atoms with Crippen molar-refractivity contribution in [2.75, 3.05) is 51.5 Å². The number of thiophene rings is 1. The average molecular weight is 462 g/mol. The predicted octanol–water partition coefficient (Wildman–Crippen LogP) is 4.46. The molecule has 0 saturated carbocycles. The normalized spacial score (nSPS) is 14.6. The molecule has 170 valence electrons. The summed E-state index contributed by atoms with van der Waals surface area (Å²) in [6.45, 7) is 5.98. The van der Waals surface area contributed by atoms with Crippen molar-refractivity contribution in [2.45, 2.75) is 6.92 Å². The minimum absolute atomic E-state index is 0.133. The van der Waals surface area contributed by atoms with E-state index in [1.165, 1.54) is 16.5 Å². The topological polar surface area (TPSA) is 74.6 Å². The monoisotopic (exact) mass is 461 g/mol. The van der Waals surface area contributed by atoms with Gasteiger partial charge in [-0.15, -0.1) is 11.3 Å². The number of carbonyl (C=O) groups is 1. The van der Waals surface area contributed by atoms with Crippen LogP contribution in [0.1, 0.15) is 11.8 Å². The van der Waals surface area contributed by atoms with Crippen molar-refractivity contribution < 1.29 is 14.3 Å². The summed E-state index contributed by atoms with van der Waals surface area (Å²) >= 11 is 1.58. The molecule has 2 heterocycles. The van der Waals surface area contributed by atoms with Crippen molar-refractivity contribution in [1.29, 1.82) is 5.26 Å². The van der Waals surface area contributed by atoms with Gasteiger partial charge in [0.1, 0.15) is 11.6 Å². The molecular weight excluding hydrogens is 434 g/mol. The zero-order valence-electron chi connectivity index (χ0n) is 18.9. The van der Waals surface area contributed by atoms with Gasteiger partial charge in [-0.2, -0.15) is 5.26 Å². The molecule has 6 nitrogen and oxygen atoms in total. The van der Waals surface area contributed by atoms with Crippen LogP contribution in [-0.4, -0.2) is 52.5 Å². The van der Waals surface area contributed by atoms with Gasteiger partial charge in [-0.25, -0.2) is 0 Å². The second-order valence-electron chi connectivity index (χ2n) is 7.87.